The molecule has 1 saturated heterocycles. The lowest BCUT2D eigenvalue weighted by atomic mass is 9.73. The molecular weight excluding hydrogens is 189 g/mol. The zero-order valence-electron chi connectivity index (χ0n) is 9.36. The molecule has 0 saturated carbocycles. The Morgan fingerprint density at radius 1 is 1.20 bits per heavy atom. The predicted molar refractivity (Wildman–Crippen MR) is 61.7 cm³/mol. The minimum Gasteiger partial charge on any atom is -0.399 e. The monoisotopic (exact) mass is 205 g/mol. The summed E-state index contributed by atoms with van der Waals surface area (Å²) in [5.74, 6) is 0. The molecule has 0 aliphatic carbocycles. The molecule has 80 valence electrons. The number of rotatable bonds is 1. The Labute approximate surface area is 90.7 Å². The summed E-state index contributed by atoms with van der Waals surface area (Å²) in [5, 5.41) is 0. The number of nitrogen functional groups attached to an aromatic ring is 1. The van der Waals surface area contributed by atoms with Gasteiger partial charge in [0.05, 0.1) is 0 Å². The van der Waals surface area contributed by atoms with Crippen molar-refractivity contribution in [2.75, 3.05) is 5.73 Å². The van der Waals surface area contributed by atoms with E-state index in [9.17, 15) is 0 Å². The fourth-order valence-electron chi connectivity index (χ4n) is 1.52. The van der Waals surface area contributed by atoms with Gasteiger partial charge in [0.2, 0.25) is 0 Å². The summed E-state index contributed by atoms with van der Waals surface area (Å²) in [6.45, 7) is 6.26. The minimum atomic E-state index is -0.296. The first-order chi connectivity index (χ1) is 6.98. The zero-order valence-corrected chi connectivity index (χ0v) is 9.36. The highest BCUT2D eigenvalue weighted by atomic mass is 16.8. The molecule has 2 rings (SSSR count). The summed E-state index contributed by atoms with van der Waals surface area (Å²) in [6.07, 6.45) is -0.137. The van der Waals surface area contributed by atoms with E-state index in [-0.39, 0.29) is 18.8 Å². The van der Waals surface area contributed by atoms with Crippen molar-refractivity contribution >= 4 is 18.3 Å². The van der Waals surface area contributed by atoms with E-state index in [1.807, 2.05) is 24.3 Å². The smallest absolute Gasteiger partial charge is 0.399 e. The standard InChI is InChI=1S/C11H16BNO2/c1-11(2,3)10-14-12(15-10)8-6-4-5-7-9(8)13/h4-7,10H,13H2,1-3H3. The van der Waals surface area contributed by atoms with E-state index in [0.29, 0.717) is 0 Å². The molecule has 0 bridgehead atoms. The fourth-order valence-corrected chi connectivity index (χ4v) is 1.52. The molecule has 15 heavy (non-hydrogen) atoms. The van der Waals surface area contributed by atoms with Gasteiger partial charge >= 0.3 is 7.12 Å². The van der Waals surface area contributed by atoms with Crippen molar-refractivity contribution in [3.05, 3.63) is 24.3 Å². The quantitative estimate of drug-likeness (QED) is 0.556. The molecule has 1 fully saturated rings. The van der Waals surface area contributed by atoms with E-state index in [4.69, 9.17) is 15.0 Å². The van der Waals surface area contributed by atoms with E-state index in [1.165, 1.54) is 0 Å². The first-order valence-electron chi connectivity index (χ1n) is 5.14. The van der Waals surface area contributed by atoms with Crippen LogP contribution in [-0.2, 0) is 9.31 Å². The van der Waals surface area contributed by atoms with Crippen molar-refractivity contribution in [1.29, 1.82) is 0 Å². The van der Waals surface area contributed by atoms with Crippen LogP contribution in [0.4, 0.5) is 5.69 Å². The average molecular weight is 205 g/mol. The minimum absolute atomic E-state index is 0.0139. The third-order valence-electron chi connectivity index (χ3n) is 2.45. The summed E-state index contributed by atoms with van der Waals surface area (Å²) in [7, 11) is -0.296. The molecular formula is C11H16BNO2. The number of nitrogens with two attached hydrogens (primary N) is 1. The summed E-state index contributed by atoms with van der Waals surface area (Å²) in [4.78, 5) is 0. The molecule has 0 unspecified atom stereocenters. The zero-order chi connectivity index (χ0) is 11.1. The number of para-hydroxylation sites is 1. The number of hydrogen-bond donors (Lipinski definition) is 1. The van der Waals surface area contributed by atoms with Crippen molar-refractivity contribution in [1.82, 2.24) is 0 Å². The van der Waals surface area contributed by atoms with E-state index in [1.54, 1.807) is 0 Å². The Morgan fingerprint density at radius 3 is 2.33 bits per heavy atom. The molecule has 1 aromatic carbocycles. The first kappa shape index (κ1) is 10.5. The van der Waals surface area contributed by atoms with Gasteiger partial charge in [0.1, 0.15) is 6.29 Å². The van der Waals surface area contributed by atoms with Gasteiger partial charge in [0.25, 0.3) is 0 Å². The van der Waals surface area contributed by atoms with Crippen LogP contribution in [0.15, 0.2) is 24.3 Å². The molecule has 1 aliphatic heterocycles. The molecule has 1 heterocycles. The van der Waals surface area contributed by atoms with Crippen molar-refractivity contribution in [3.63, 3.8) is 0 Å². The summed E-state index contributed by atoms with van der Waals surface area (Å²) in [6, 6.07) is 7.62. The SMILES string of the molecule is CC(C)(C)C1OB(c2ccccc2N)O1. The summed E-state index contributed by atoms with van der Waals surface area (Å²) in [5.41, 5.74) is 7.47. The van der Waals surface area contributed by atoms with Gasteiger partial charge in [-0.15, -0.1) is 0 Å². The maximum absolute atomic E-state index is 5.83. The van der Waals surface area contributed by atoms with Crippen LogP contribution in [0.25, 0.3) is 0 Å². The second-order valence-corrected chi connectivity index (χ2v) is 4.93. The topological polar surface area (TPSA) is 44.5 Å². The van der Waals surface area contributed by atoms with Crippen LogP contribution < -0.4 is 11.2 Å². The Hall–Kier alpha value is -0.995. The predicted octanol–water partition coefficient (Wildman–Crippen LogP) is 1.38. The Morgan fingerprint density at radius 2 is 1.80 bits per heavy atom. The van der Waals surface area contributed by atoms with E-state index in [2.05, 4.69) is 20.8 Å². The third kappa shape index (κ3) is 2.01. The highest BCUT2D eigenvalue weighted by Gasteiger charge is 2.44. The molecule has 0 radical (unpaired) electrons. The van der Waals surface area contributed by atoms with Gasteiger partial charge in [-0.05, 0) is 6.07 Å². The van der Waals surface area contributed by atoms with Gasteiger partial charge in [0.15, 0.2) is 0 Å². The Kier molecular flexibility index (Phi) is 2.48. The fraction of sp³-hybridized carbons (Fsp3) is 0.455. The van der Waals surface area contributed by atoms with Crippen LogP contribution in [0.2, 0.25) is 0 Å². The van der Waals surface area contributed by atoms with Crippen LogP contribution >= 0.6 is 0 Å². The third-order valence-corrected chi connectivity index (χ3v) is 2.45. The Balaban J connectivity index is 2.04. The molecule has 1 aromatic rings. The van der Waals surface area contributed by atoms with Gasteiger partial charge < -0.3 is 15.0 Å². The average Bonchev–Trinajstić information content (AvgIpc) is 2.03. The second kappa shape index (κ2) is 3.54. The molecule has 0 amide bonds. The Bertz CT molecular complexity index is 356. The van der Waals surface area contributed by atoms with E-state index < -0.39 is 0 Å². The van der Waals surface area contributed by atoms with Crippen LogP contribution in [0, 0.1) is 5.41 Å². The molecule has 0 spiro atoms. The molecule has 1 aliphatic rings. The van der Waals surface area contributed by atoms with Gasteiger partial charge in [0, 0.05) is 16.6 Å². The lowest BCUT2D eigenvalue weighted by molar-refractivity contribution is -0.167. The number of hydrogen-bond acceptors (Lipinski definition) is 3. The number of benzene rings is 1. The van der Waals surface area contributed by atoms with E-state index >= 15 is 0 Å². The highest BCUT2D eigenvalue weighted by molar-refractivity contribution is 6.64. The molecule has 0 aromatic heterocycles. The molecule has 3 nitrogen and oxygen atoms in total. The van der Waals surface area contributed by atoms with E-state index in [0.717, 1.165) is 11.2 Å². The summed E-state index contributed by atoms with van der Waals surface area (Å²) >= 11 is 0. The largest absolute Gasteiger partial charge is 0.499 e. The second-order valence-electron chi connectivity index (χ2n) is 4.93. The first-order valence-corrected chi connectivity index (χ1v) is 5.14. The van der Waals surface area contributed by atoms with Crippen molar-refractivity contribution in [2.45, 2.75) is 27.1 Å². The normalized spacial score (nSPS) is 17.7. The lowest BCUT2D eigenvalue weighted by Crippen LogP contribution is -2.58. The molecule has 0 atom stereocenters. The van der Waals surface area contributed by atoms with Crippen molar-refractivity contribution < 1.29 is 9.31 Å². The highest BCUT2D eigenvalue weighted by Crippen LogP contribution is 2.30. The maximum Gasteiger partial charge on any atom is 0.499 e. The van der Waals surface area contributed by atoms with Crippen LogP contribution in [0.5, 0.6) is 0 Å². The molecule has 4 heteroatoms. The van der Waals surface area contributed by atoms with Gasteiger partial charge in [-0.25, -0.2) is 0 Å². The lowest BCUT2D eigenvalue weighted by Gasteiger charge is -2.42. The van der Waals surface area contributed by atoms with Gasteiger partial charge in [-0.3, -0.25) is 0 Å². The van der Waals surface area contributed by atoms with Gasteiger partial charge in [-0.1, -0.05) is 39.0 Å². The van der Waals surface area contributed by atoms with Crippen LogP contribution in [0.3, 0.4) is 0 Å². The molecule has 2 N–H and O–H groups in total. The van der Waals surface area contributed by atoms with Crippen molar-refractivity contribution in [3.8, 4) is 0 Å². The number of anilines is 1. The summed E-state index contributed by atoms with van der Waals surface area (Å²) < 4.78 is 11.3. The van der Waals surface area contributed by atoms with Crippen LogP contribution in [0.1, 0.15) is 20.8 Å². The van der Waals surface area contributed by atoms with Crippen LogP contribution in [-0.4, -0.2) is 13.4 Å². The van der Waals surface area contributed by atoms with Gasteiger partial charge in [-0.2, -0.15) is 0 Å². The maximum atomic E-state index is 5.83. The van der Waals surface area contributed by atoms with Crippen molar-refractivity contribution in [2.24, 2.45) is 5.41 Å².